The van der Waals surface area contributed by atoms with Gasteiger partial charge in [0.25, 0.3) is 0 Å². The van der Waals surface area contributed by atoms with E-state index in [4.69, 9.17) is 9.47 Å². The van der Waals surface area contributed by atoms with E-state index in [1.165, 1.54) is 0 Å². The van der Waals surface area contributed by atoms with Gasteiger partial charge in [-0.3, -0.25) is 0 Å². The van der Waals surface area contributed by atoms with Gasteiger partial charge in [0.15, 0.2) is 11.5 Å². The van der Waals surface area contributed by atoms with Crippen LogP contribution in [-0.2, 0) is 0 Å². The molecule has 4 aromatic rings. The maximum atomic E-state index is 5.43. The van der Waals surface area contributed by atoms with Gasteiger partial charge in [-0.15, -0.1) is 11.3 Å². The third-order valence-corrected chi connectivity index (χ3v) is 5.33. The third-order valence-electron chi connectivity index (χ3n) is 4.38. The van der Waals surface area contributed by atoms with E-state index in [9.17, 15) is 0 Å². The minimum absolute atomic E-state index is 0.627. The summed E-state index contributed by atoms with van der Waals surface area (Å²) in [5, 5.41) is 12.5. The van der Waals surface area contributed by atoms with Crippen molar-refractivity contribution in [2.45, 2.75) is 0 Å². The summed E-state index contributed by atoms with van der Waals surface area (Å²) in [6, 6.07) is 11.9. The molecule has 3 heterocycles. The number of thiophene rings is 1. The Morgan fingerprint density at radius 3 is 2.48 bits per heavy atom. The van der Waals surface area contributed by atoms with Crippen LogP contribution in [0.5, 0.6) is 11.5 Å². The lowest BCUT2D eigenvalue weighted by atomic mass is 10.0. The van der Waals surface area contributed by atoms with Gasteiger partial charge in [-0.25, -0.2) is 4.98 Å². The molecule has 7 heteroatoms. The fraction of sp³-hybridized carbons (Fsp3) is 0.150. The second kappa shape index (κ2) is 7.20. The van der Waals surface area contributed by atoms with Crippen molar-refractivity contribution in [2.24, 2.45) is 0 Å². The van der Waals surface area contributed by atoms with Crippen molar-refractivity contribution < 1.29 is 9.47 Å². The van der Waals surface area contributed by atoms with Crippen molar-refractivity contribution in [1.29, 1.82) is 0 Å². The van der Waals surface area contributed by atoms with E-state index < -0.39 is 0 Å². The Hall–Kier alpha value is -3.19. The number of hydrogen-bond acceptors (Lipinski definition) is 7. The zero-order valence-corrected chi connectivity index (χ0v) is 16.0. The molecule has 27 heavy (non-hydrogen) atoms. The zero-order chi connectivity index (χ0) is 18.8. The molecule has 0 fully saturated rings. The van der Waals surface area contributed by atoms with E-state index in [0.717, 1.165) is 32.8 Å². The maximum absolute atomic E-state index is 5.43. The molecule has 0 saturated heterocycles. The molecule has 3 aromatic heterocycles. The number of aromatic nitrogens is 3. The molecule has 0 bridgehead atoms. The topological polar surface area (TPSA) is 60.4 Å². The monoisotopic (exact) mass is 378 g/mol. The predicted molar refractivity (Wildman–Crippen MR) is 108 cm³/mol. The molecule has 0 saturated carbocycles. The van der Waals surface area contributed by atoms with Crippen LogP contribution in [0.25, 0.3) is 22.0 Å². The van der Waals surface area contributed by atoms with Crippen molar-refractivity contribution in [1.82, 2.24) is 15.2 Å². The zero-order valence-electron chi connectivity index (χ0n) is 15.2. The van der Waals surface area contributed by atoms with Gasteiger partial charge < -0.3 is 14.4 Å². The number of methoxy groups -OCH3 is 2. The first kappa shape index (κ1) is 17.2. The first-order valence-corrected chi connectivity index (χ1v) is 9.20. The molecule has 4 rings (SSSR count). The Balaban J connectivity index is 1.76. The molecular formula is C20H18N4O2S. The summed E-state index contributed by atoms with van der Waals surface area (Å²) in [6.45, 7) is 0. The highest BCUT2D eigenvalue weighted by Gasteiger charge is 2.13. The highest BCUT2D eigenvalue weighted by Crippen LogP contribution is 2.36. The van der Waals surface area contributed by atoms with Crippen LogP contribution < -0.4 is 14.4 Å². The second-order valence-electron chi connectivity index (χ2n) is 5.90. The minimum Gasteiger partial charge on any atom is -0.493 e. The van der Waals surface area contributed by atoms with Gasteiger partial charge in [-0.2, -0.15) is 10.2 Å². The van der Waals surface area contributed by atoms with E-state index in [2.05, 4.69) is 31.5 Å². The van der Waals surface area contributed by atoms with Gasteiger partial charge in [-0.05, 0) is 35.7 Å². The summed E-state index contributed by atoms with van der Waals surface area (Å²) in [7, 11) is 5.23. The van der Waals surface area contributed by atoms with Crippen molar-refractivity contribution in [3.8, 4) is 22.6 Å². The molecule has 1 aromatic carbocycles. The van der Waals surface area contributed by atoms with Crippen molar-refractivity contribution >= 4 is 33.1 Å². The Labute approximate surface area is 161 Å². The Morgan fingerprint density at radius 1 is 1.00 bits per heavy atom. The number of anilines is 2. The fourth-order valence-corrected chi connectivity index (χ4v) is 3.64. The van der Waals surface area contributed by atoms with Crippen LogP contribution in [0.1, 0.15) is 0 Å². The molecule has 0 aliphatic heterocycles. The first-order valence-electron chi connectivity index (χ1n) is 8.32. The summed E-state index contributed by atoms with van der Waals surface area (Å²) in [4.78, 5) is 6.68. The van der Waals surface area contributed by atoms with Crippen molar-refractivity contribution in [3.05, 3.63) is 54.2 Å². The summed E-state index contributed by atoms with van der Waals surface area (Å²) in [5.74, 6) is 2.16. The molecule has 136 valence electrons. The number of nitrogens with zero attached hydrogens (tertiary/aromatic N) is 4. The number of ether oxygens (including phenoxy) is 2. The summed E-state index contributed by atoms with van der Waals surface area (Å²) >= 11 is 1.68. The molecule has 0 atom stereocenters. The third kappa shape index (κ3) is 3.17. The Bertz CT molecular complexity index is 1070. The molecule has 0 unspecified atom stereocenters. The highest BCUT2D eigenvalue weighted by molar-refractivity contribution is 7.14. The Kier molecular flexibility index (Phi) is 4.60. The van der Waals surface area contributed by atoms with E-state index in [-0.39, 0.29) is 0 Å². The molecule has 0 N–H and O–H groups in total. The van der Waals surface area contributed by atoms with Crippen LogP contribution in [0.2, 0.25) is 0 Å². The number of pyridine rings is 1. The van der Waals surface area contributed by atoms with E-state index in [1.807, 2.05) is 43.6 Å². The van der Waals surface area contributed by atoms with Crippen LogP contribution in [0, 0.1) is 0 Å². The molecule has 0 spiro atoms. The molecule has 0 aliphatic carbocycles. The highest BCUT2D eigenvalue weighted by atomic mass is 32.1. The normalized spacial score (nSPS) is 10.8. The second-order valence-corrected chi connectivity index (χ2v) is 6.82. The predicted octanol–water partition coefficient (Wildman–Crippen LogP) is 4.54. The minimum atomic E-state index is 0.627. The molecule has 6 nitrogen and oxygen atoms in total. The molecule has 0 amide bonds. The van der Waals surface area contributed by atoms with Gasteiger partial charge in [0, 0.05) is 35.8 Å². The maximum Gasteiger partial charge on any atom is 0.162 e. The van der Waals surface area contributed by atoms with Gasteiger partial charge >= 0.3 is 0 Å². The standard InChI is InChI=1S/C20H18N4O2S/c1-24(20-5-4-8-27-20)19-7-6-13(11-21-19)15-12-22-23-16-10-18(26-3)17(25-2)9-14(15)16/h4-12H,1-3H3. The Morgan fingerprint density at radius 2 is 1.81 bits per heavy atom. The van der Waals surface area contributed by atoms with Crippen molar-refractivity contribution in [2.75, 3.05) is 26.2 Å². The number of rotatable bonds is 5. The summed E-state index contributed by atoms with van der Waals surface area (Å²) in [6.07, 6.45) is 3.60. The molecule has 0 radical (unpaired) electrons. The average Bonchev–Trinajstić information content (AvgIpc) is 3.26. The number of hydrogen-bond donors (Lipinski definition) is 0. The smallest absolute Gasteiger partial charge is 0.162 e. The summed E-state index contributed by atoms with van der Waals surface area (Å²) < 4.78 is 10.8. The van der Waals surface area contributed by atoms with E-state index in [0.29, 0.717) is 11.5 Å². The van der Waals surface area contributed by atoms with E-state index >= 15 is 0 Å². The fourth-order valence-electron chi connectivity index (χ4n) is 2.93. The van der Waals surface area contributed by atoms with Gasteiger partial charge in [0.1, 0.15) is 5.82 Å². The molecule has 0 aliphatic rings. The van der Waals surface area contributed by atoms with Gasteiger partial charge in [0.2, 0.25) is 0 Å². The SMILES string of the molecule is COc1cc2nncc(-c3ccc(N(C)c4cccs4)nc3)c2cc1OC. The van der Waals surface area contributed by atoms with Crippen molar-refractivity contribution in [3.63, 3.8) is 0 Å². The molecular weight excluding hydrogens is 360 g/mol. The van der Waals surface area contributed by atoms with Crippen LogP contribution in [-0.4, -0.2) is 36.4 Å². The lowest BCUT2D eigenvalue weighted by Crippen LogP contribution is -2.09. The first-order chi connectivity index (χ1) is 13.2. The number of fused-ring (bicyclic) bond motifs is 1. The number of benzene rings is 1. The van der Waals surface area contributed by atoms with Crippen LogP contribution in [0.3, 0.4) is 0 Å². The van der Waals surface area contributed by atoms with Crippen LogP contribution >= 0.6 is 11.3 Å². The quantitative estimate of drug-likeness (QED) is 0.508. The van der Waals surface area contributed by atoms with Gasteiger partial charge in [-0.1, -0.05) is 0 Å². The average molecular weight is 378 g/mol. The van der Waals surface area contributed by atoms with Crippen LogP contribution in [0.4, 0.5) is 10.8 Å². The summed E-state index contributed by atoms with van der Waals surface area (Å²) in [5.41, 5.74) is 2.65. The van der Waals surface area contributed by atoms with Crippen LogP contribution in [0.15, 0.2) is 54.2 Å². The van der Waals surface area contributed by atoms with Gasteiger partial charge in [0.05, 0.1) is 30.9 Å². The largest absolute Gasteiger partial charge is 0.493 e. The lowest BCUT2D eigenvalue weighted by Gasteiger charge is -2.16. The lowest BCUT2D eigenvalue weighted by molar-refractivity contribution is 0.356. The van der Waals surface area contributed by atoms with E-state index in [1.54, 1.807) is 31.8 Å².